The van der Waals surface area contributed by atoms with Crippen molar-refractivity contribution >= 4 is 44.1 Å². The fraction of sp³-hybridized carbons (Fsp3) is 0.343. The van der Waals surface area contributed by atoms with Crippen LogP contribution in [0.25, 0.3) is 16.0 Å². The van der Waals surface area contributed by atoms with E-state index in [9.17, 15) is 14.7 Å². The summed E-state index contributed by atoms with van der Waals surface area (Å²) in [6, 6.07) is 13.9. The van der Waals surface area contributed by atoms with Gasteiger partial charge >= 0.3 is 5.91 Å². The Kier molecular flexibility index (Phi) is 8.07. The molecule has 0 spiro atoms. The van der Waals surface area contributed by atoms with E-state index >= 15 is 0 Å². The number of hydrogen-bond donors (Lipinski definition) is 1. The van der Waals surface area contributed by atoms with Crippen molar-refractivity contribution in [2.24, 2.45) is 0 Å². The van der Waals surface area contributed by atoms with E-state index in [0.717, 1.165) is 45.5 Å². The summed E-state index contributed by atoms with van der Waals surface area (Å²) in [5.74, 6) is 0.0834. The van der Waals surface area contributed by atoms with E-state index < -0.39 is 17.7 Å². The Morgan fingerprint density at radius 2 is 1.89 bits per heavy atom. The molecular formula is C35H36N2O6S. The Morgan fingerprint density at radius 1 is 1.07 bits per heavy atom. The highest BCUT2D eigenvalue weighted by Gasteiger charge is 2.48. The van der Waals surface area contributed by atoms with Gasteiger partial charge in [-0.3, -0.25) is 14.5 Å². The van der Waals surface area contributed by atoms with Gasteiger partial charge in [0.15, 0.2) is 16.6 Å². The number of amides is 1. The van der Waals surface area contributed by atoms with Gasteiger partial charge in [-0.2, -0.15) is 0 Å². The Bertz CT molecular complexity index is 1810. The van der Waals surface area contributed by atoms with Crippen molar-refractivity contribution in [3.8, 4) is 17.2 Å². The second-order valence-corrected chi connectivity index (χ2v) is 12.4. The van der Waals surface area contributed by atoms with Gasteiger partial charge in [0, 0.05) is 12.0 Å². The number of carbonyl (C=O) groups is 2. The van der Waals surface area contributed by atoms with Crippen molar-refractivity contribution in [1.29, 1.82) is 0 Å². The van der Waals surface area contributed by atoms with Crippen LogP contribution in [-0.4, -0.2) is 41.1 Å². The predicted molar refractivity (Wildman–Crippen MR) is 172 cm³/mol. The number of hydrogen-bond acceptors (Lipinski definition) is 8. The number of rotatable bonds is 9. The summed E-state index contributed by atoms with van der Waals surface area (Å²) < 4.78 is 18.7. The Morgan fingerprint density at radius 3 is 2.66 bits per heavy atom. The minimum absolute atomic E-state index is 0.00354. The number of aryl methyl sites for hydroxylation is 2. The summed E-state index contributed by atoms with van der Waals surface area (Å²) >= 11 is 1.35. The average Bonchev–Trinajstić information content (AvgIpc) is 3.66. The molecule has 44 heavy (non-hydrogen) atoms. The molecule has 1 fully saturated rings. The fourth-order valence-corrected chi connectivity index (χ4v) is 7.11. The third kappa shape index (κ3) is 5.30. The third-order valence-electron chi connectivity index (χ3n) is 7.98. The normalized spacial score (nSPS) is 19.0. The molecule has 228 valence electrons. The maximum atomic E-state index is 13.9. The van der Waals surface area contributed by atoms with Gasteiger partial charge in [0.25, 0.3) is 5.78 Å². The topological polar surface area (TPSA) is 98.2 Å². The quantitative estimate of drug-likeness (QED) is 0.0908. The minimum atomic E-state index is -0.940. The van der Waals surface area contributed by atoms with Crippen LogP contribution in [0.3, 0.4) is 0 Å². The van der Waals surface area contributed by atoms with E-state index in [-0.39, 0.29) is 17.4 Å². The molecule has 1 aromatic heterocycles. The summed E-state index contributed by atoms with van der Waals surface area (Å²) in [7, 11) is 0. The first-order valence-electron chi connectivity index (χ1n) is 15.1. The van der Waals surface area contributed by atoms with Gasteiger partial charge in [0.1, 0.15) is 17.6 Å². The lowest BCUT2D eigenvalue weighted by atomic mass is 9.94. The van der Waals surface area contributed by atoms with Crippen molar-refractivity contribution < 1.29 is 28.9 Å². The summed E-state index contributed by atoms with van der Waals surface area (Å²) in [5, 5.41) is 12.1. The highest BCUT2D eigenvalue weighted by molar-refractivity contribution is 7.22. The van der Waals surface area contributed by atoms with Gasteiger partial charge in [0.05, 0.1) is 35.0 Å². The molecule has 0 bridgehead atoms. The van der Waals surface area contributed by atoms with Crippen LogP contribution in [0.5, 0.6) is 17.2 Å². The zero-order valence-electron chi connectivity index (χ0n) is 25.6. The van der Waals surface area contributed by atoms with Crippen LogP contribution in [0.2, 0.25) is 0 Å². The van der Waals surface area contributed by atoms with Crippen LogP contribution < -0.4 is 19.1 Å². The van der Waals surface area contributed by atoms with Crippen LogP contribution in [0.15, 0.2) is 54.1 Å². The number of aromatic nitrogens is 1. The molecular weight excluding hydrogens is 576 g/mol. The second kappa shape index (κ2) is 12.0. The number of unbranched alkanes of at least 4 members (excludes halogenated alkanes) is 1. The molecule has 9 heteroatoms. The summed E-state index contributed by atoms with van der Waals surface area (Å²) in [5.41, 5.74) is 4.83. The highest BCUT2D eigenvalue weighted by atomic mass is 32.1. The molecule has 1 saturated heterocycles. The molecule has 1 amide bonds. The molecule has 2 atom stereocenters. The first-order chi connectivity index (χ1) is 21.2. The van der Waals surface area contributed by atoms with Crippen LogP contribution in [0, 0.1) is 13.8 Å². The van der Waals surface area contributed by atoms with Crippen LogP contribution in [0.4, 0.5) is 5.13 Å². The Balaban J connectivity index is 1.53. The number of aliphatic hydroxyl groups excluding tert-OH is 1. The Hall–Kier alpha value is -4.37. The van der Waals surface area contributed by atoms with Crippen LogP contribution in [0.1, 0.15) is 67.5 Å². The largest absolute Gasteiger partial charge is 0.507 e. The molecule has 0 radical (unpaired) electrons. The molecule has 6 rings (SSSR count). The van der Waals surface area contributed by atoms with E-state index in [0.29, 0.717) is 47.4 Å². The smallest absolute Gasteiger partial charge is 0.301 e. The third-order valence-corrected chi connectivity index (χ3v) is 8.98. The Labute approximate surface area is 260 Å². The first-order valence-corrected chi connectivity index (χ1v) is 15.9. The number of anilines is 1. The number of benzene rings is 3. The standard InChI is InChI=1S/C35H36N2O6S/c1-6-8-13-42-26-12-9-22(18-27(26)41-7-2)31-29(32(38)23-10-11-25-24(17-23)16-21(5)43-25)33(39)34(40)37(31)35-36-30-20(4)14-19(3)15-28(30)44-35/h9-12,14-15,17-18,21,31,38H,6-8,13,16H2,1-5H3/b32-29+/t21-,31+/m1/s1. The molecule has 4 aromatic rings. The maximum Gasteiger partial charge on any atom is 0.301 e. The number of ketones is 1. The lowest BCUT2D eigenvalue weighted by molar-refractivity contribution is -0.132. The minimum Gasteiger partial charge on any atom is -0.507 e. The van der Waals surface area contributed by atoms with Crippen molar-refractivity contribution in [3.63, 3.8) is 0 Å². The molecule has 3 aromatic carbocycles. The number of fused-ring (bicyclic) bond motifs is 2. The highest BCUT2D eigenvalue weighted by Crippen LogP contribution is 2.46. The molecule has 3 heterocycles. The van der Waals surface area contributed by atoms with Crippen molar-refractivity contribution in [1.82, 2.24) is 4.98 Å². The number of thiazole rings is 1. The molecule has 2 aliphatic rings. The number of ether oxygens (including phenoxy) is 3. The number of carbonyl (C=O) groups excluding carboxylic acids is 2. The molecule has 0 aliphatic carbocycles. The molecule has 2 aliphatic heterocycles. The number of aliphatic hydroxyl groups is 1. The summed E-state index contributed by atoms with van der Waals surface area (Å²) in [4.78, 5) is 34.0. The van der Waals surface area contributed by atoms with Crippen molar-refractivity contribution in [3.05, 3.63) is 81.9 Å². The van der Waals surface area contributed by atoms with Crippen molar-refractivity contribution in [2.75, 3.05) is 18.1 Å². The van der Waals surface area contributed by atoms with E-state index in [2.05, 4.69) is 6.92 Å². The average molecular weight is 613 g/mol. The summed E-state index contributed by atoms with van der Waals surface area (Å²) in [6.07, 6.45) is 2.60. The molecule has 8 nitrogen and oxygen atoms in total. The van der Waals surface area contributed by atoms with Gasteiger partial charge in [-0.1, -0.05) is 36.8 Å². The van der Waals surface area contributed by atoms with Gasteiger partial charge in [0.2, 0.25) is 0 Å². The van der Waals surface area contributed by atoms with Gasteiger partial charge in [-0.15, -0.1) is 0 Å². The number of Topliss-reactive ketones (excluding diaryl/α,β-unsaturated/α-hetero) is 1. The molecule has 0 unspecified atom stereocenters. The zero-order valence-corrected chi connectivity index (χ0v) is 26.4. The monoisotopic (exact) mass is 612 g/mol. The van der Waals surface area contributed by atoms with E-state index in [1.165, 1.54) is 16.2 Å². The second-order valence-electron chi connectivity index (χ2n) is 11.4. The van der Waals surface area contributed by atoms with Crippen LogP contribution >= 0.6 is 11.3 Å². The maximum absolute atomic E-state index is 13.9. The lowest BCUT2D eigenvalue weighted by Gasteiger charge is -2.24. The first kappa shape index (κ1) is 29.7. The predicted octanol–water partition coefficient (Wildman–Crippen LogP) is 7.44. The zero-order chi connectivity index (χ0) is 31.1. The van der Waals surface area contributed by atoms with E-state index in [4.69, 9.17) is 19.2 Å². The van der Waals surface area contributed by atoms with E-state index in [1.54, 1.807) is 24.3 Å². The van der Waals surface area contributed by atoms with Gasteiger partial charge < -0.3 is 19.3 Å². The SMILES string of the molecule is CCCCOc1ccc([C@H]2/C(=C(\O)c3ccc4c(c3)C[C@@H](C)O4)C(=O)C(=O)N2c2nc3c(C)cc(C)cc3s2)cc1OCC. The number of nitrogens with zero attached hydrogens (tertiary/aromatic N) is 2. The fourth-order valence-electron chi connectivity index (χ4n) is 5.94. The van der Waals surface area contributed by atoms with Crippen LogP contribution in [-0.2, 0) is 16.0 Å². The summed E-state index contributed by atoms with van der Waals surface area (Å²) in [6.45, 7) is 10.9. The van der Waals surface area contributed by atoms with Gasteiger partial charge in [-0.25, -0.2) is 4.98 Å². The molecule has 0 saturated carbocycles. The molecule has 1 N–H and O–H groups in total. The van der Waals surface area contributed by atoms with Crippen molar-refractivity contribution in [2.45, 2.75) is 66.0 Å². The lowest BCUT2D eigenvalue weighted by Crippen LogP contribution is -2.29. The van der Waals surface area contributed by atoms with Gasteiger partial charge in [-0.05, 0) is 92.8 Å². The van der Waals surface area contributed by atoms with E-state index in [1.807, 2.05) is 52.0 Å².